The highest BCUT2D eigenvalue weighted by Gasteiger charge is 1.99. The molecule has 0 saturated carbocycles. The molecule has 0 unspecified atom stereocenters. The van der Waals surface area contributed by atoms with Crippen LogP contribution >= 0.6 is 0 Å². The molecule has 0 spiro atoms. The summed E-state index contributed by atoms with van der Waals surface area (Å²) in [6.07, 6.45) is 3.84. The quantitative estimate of drug-likeness (QED) is 0.715. The van der Waals surface area contributed by atoms with Crippen LogP contribution in [0, 0.1) is 17.1 Å². The number of nitrogens with one attached hydrogen (secondary N) is 1. The molecular weight excluding hydrogens is 219 g/mol. The maximum Gasteiger partial charge on any atom is 0.126 e. The highest BCUT2D eigenvalue weighted by molar-refractivity contribution is 5.49. The number of unbranched alkanes of at least 4 members (excludes halogenated alkanes) is 3. The zero-order valence-electron chi connectivity index (χ0n) is 9.75. The summed E-state index contributed by atoms with van der Waals surface area (Å²) < 4.78 is 13.1. The smallest absolute Gasteiger partial charge is 0.126 e. The van der Waals surface area contributed by atoms with Crippen LogP contribution in [0.4, 0.5) is 10.1 Å². The van der Waals surface area contributed by atoms with Crippen LogP contribution in [-0.2, 0) is 0 Å². The van der Waals surface area contributed by atoms with E-state index in [2.05, 4.69) is 5.32 Å². The van der Waals surface area contributed by atoms with E-state index in [0.717, 1.165) is 32.2 Å². The van der Waals surface area contributed by atoms with Crippen LogP contribution in [0.2, 0.25) is 0 Å². The topological polar surface area (TPSA) is 56.0 Å². The summed E-state index contributed by atoms with van der Waals surface area (Å²) in [4.78, 5) is 0. The Kier molecular flexibility index (Phi) is 6.05. The van der Waals surface area contributed by atoms with Gasteiger partial charge in [0.1, 0.15) is 5.82 Å². The summed E-state index contributed by atoms with van der Waals surface area (Å²) in [5.74, 6) is -0.396. The summed E-state index contributed by atoms with van der Waals surface area (Å²) >= 11 is 0. The van der Waals surface area contributed by atoms with Crippen molar-refractivity contribution in [3.63, 3.8) is 0 Å². The number of anilines is 1. The van der Waals surface area contributed by atoms with Crippen molar-refractivity contribution in [3.05, 3.63) is 29.6 Å². The number of hydrogen-bond acceptors (Lipinski definition) is 3. The lowest BCUT2D eigenvalue weighted by Gasteiger charge is -2.06. The van der Waals surface area contributed by atoms with E-state index in [-0.39, 0.29) is 6.61 Å². The lowest BCUT2D eigenvalue weighted by Crippen LogP contribution is -2.02. The predicted molar refractivity (Wildman–Crippen MR) is 65.2 cm³/mol. The summed E-state index contributed by atoms with van der Waals surface area (Å²) in [6.45, 7) is 0.989. The SMILES string of the molecule is N#Cc1cc(F)cc(NCCCCCCO)c1. The molecule has 0 aromatic heterocycles. The van der Waals surface area contributed by atoms with Gasteiger partial charge in [-0.3, -0.25) is 0 Å². The lowest BCUT2D eigenvalue weighted by atomic mass is 10.2. The van der Waals surface area contributed by atoms with E-state index in [1.165, 1.54) is 12.1 Å². The van der Waals surface area contributed by atoms with Gasteiger partial charge in [-0.05, 0) is 31.0 Å². The Labute approximate surface area is 101 Å². The normalized spacial score (nSPS) is 9.94. The Balaban J connectivity index is 2.32. The van der Waals surface area contributed by atoms with Crippen molar-refractivity contribution in [3.8, 4) is 6.07 Å². The van der Waals surface area contributed by atoms with E-state index in [0.29, 0.717) is 11.3 Å². The van der Waals surface area contributed by atoms with Crippen molar-refractivity contribution >= 4 is 5.69 Å². The molecule has 0 atom stereocenters. The van der Waals surface area contributed by atoms with Gasteiger partial charge in [-0.25, -0.2) is 4.39 Å². The Morgan fingerprint density at radius 2 is 1.94 bits per heavy atom. The molecule has 1 aromatic carbocycles. The van der Waals surface area contributed by atoms with Gasteiger partial charge in [0.15, 0.2) is 0 Å². The first-order valence-electron chi connectivity index (χ1n) is 5.81. The van der Waals surface area contributed by atoms with E-state index in [4.69, 9.17) is 10.4 Å². The first-order chi connectivity index (χ1) is 8.26. The summed E-state index contributed by atoms with van der Waals surface area (Å²) in [7, 11) is 0. The van der Waals surface area contributed by atoms with Crippen molar-refractivity contribution in [1.82, 2.24) is 0 Å². The number of rotatable bonds is 7. The minimum atomic E-state index is -0.396. The van der Waals surface area contributed by atoms with Crippen LogP contribution in [-0.4, -0.2) is 18.3 Å². The molecular formula is C13H17FN2O. The van der Waals surface area contributed by atoms with E-state index >= 15 is 0 Å². The van der Waals surface area contributed by atoms with Crippen LogP contribution in [0.3, 0.4) is 0 Å². The number of aliphatic hydroxyl groups excluding tert-OH is 1. The van der Waals surface area contributed by atoms with Crippen molar-refractivity contribution in [2.45, 2.75) is 25.7 Å². The van der Waals surface area contributed by atoms with Gasteiger partial charge in [0, 0.05) is 18.8 Å². The molecule has 0 aliphatic carbocycles. The zero-order valence-corrected chi connectivity index (χ0v) is 9.75. The van der Waals surface area contributed by atoms with Gasteiger partial charge in [0.05, 0.1) is 11.6 Å². The minimum Gasteiger partial charge on any atom is -0.396 e. The molecule has 2 N–H and O–H groups in total. The first-order valence-corrected chi connectivity index (χ1v) is 5.81. The molecule has 17 heavy (non-hydrogen) atoms. The minimum absolute atomic E-state index is 0.239. The Hall–Kier alpha value is -1.60. The molecule has 1 rings (SSSR count). The molecule has 0 amide bonds. The van der Waals surface area contributed by atoms with Gasteiger partial charge in [-0.2, -0.15) is 5.26 Å². The average molecular weight is 236 g/mol. The zero-order chi connectivity index (χ0) is 12.5. The molecule has 0 aliphatic heterocycles. The first kappa shape index (κ1) is 13.5. The molecule has 92 valence electrons. The number of nitrogens with zero attached hydrogens (tertiary/aromatic N) is 1. The second-order valence-electron chi connectivity index (χ2n) is 3.90. The number of benzene rings is 1. The fraction of sp³-hybridized carbons (Fsp3) is 0.462. The molecule has 3 nitrogen and oxygen atoms in total. The van der Waals surface area contributed by atoms with Crippen LogP contribution < -0.4 is 5.32 Å². The van der Waals surface area contributed by atoms with E-state index in [9.17, 15) is 4.39 Å². The third-order valence-electron chi connectivity index (χ3n) is 2.44. The predicted octanol–water partition coefficient (Wildman–Crippen LogP) is 2.66. The second-order valence-corrected chi connectivity index (χ2v) is 3.90. The maximum absolute atomic E-state index is 13.1. The third kappa shape index (κ3) is 5.32. The third-order valence-corrected chi connectivity index (χ3v) is 2.44. The van der Waals surface area contributed by atoms with Gasteiger partial charge >= 0.3 is 0 Å². The number of halogens is 1. The molecule has 0 heterocycles. The lowest BCUT2D eigenvalue weighted by molar-refractivity contribution is 0.283. The monoisotopic (exact) mass is 236 g/mol. The van der Waals surface area contributed by atoms with Crippen molar-refractivity contribution in [2.24, 2.45) is 0 Å². The number of aliphatic hydroxyl groups is 1. The largest absolute Gasteiger partial charge is 0.396 e. The summed E-state index contributed by atoms with van der Waals surface area (Å²) in [6, 6.07) is 6.15. The molecule has 0 aliphatic rings. The number of hydrogen-bond donors (Lipinski definition) is 2. The van der Waals surface area contributed by atoms with E-state index in [1.807, 2.05) is 6.07 Å². The van der Waals surface area contributed by atoms with Crippen molar-refractivity contribution in [2.75, 3.05) is 18.5 Å². The molecule has 0 bridgehead atoms. The van der Waals surface area contributed by atoms with Crippen LogP contribution in [0.5, 0.6) is 0 Å². The van der Waals surface area contributed by atoms with Crippen LogP contribution in [0.1, 0.15) is 31.2 Å². The molecule has 4 heteroatoms. The van der Waals surface area contributed by atoms with Crippen molar-refractivity contribution < 1.29 is 9.50 Å². The molecule has 1 aromatic rings. The van der Waals surface area contributed by atoms with Crippen LogP contribution in [0.25, 0.3) is 0 Å². The summed E-state index contributed by atoms with van der Waals surface area (Å²) in [5, 5.41) is 20.4. The van der Waals surface area contributed by atoms with Crippen molar-refractivity contribution in [1.29, 1.82) is 5.26 Å². The Morgan fingerprint density at radius 3 is 2.65 bits per heavy atom. The van der Waals surface area contributed by atoms with Gasteiger partial charge in [-0.1, -0.05) is 12.8 Å². The Bertz CT molecular complexity index is 387. The Morgan fingerprint density at radius 1 is 1.18 bits per heavy atom. The average Bonchev–Trinajstić information content (AvgIpc) is 2.33. The van der Waals surface area contributed by atoms with E-state index in [1.54, 1.807) is 6.07 Å². The van der Waals surface area contributed by atoms with Gasteiger partial charge in [-0.15, -0.1) is 0 Å². The standard InChI is InChI=1S/C13H17FN2O/c14-12-7-11(10-15)8-13(9-12)16-5-3-1-2-4-6-17/h7-9,16-17H,1-6H2. The second kappa shape index (κ2) is 7.64. The number of nitriles is 1. The highest BCUT2D eigenvalue weighted by atomic mass is 19.1. The molecule has 0 saturated heterocycles. The van der Waals surface area contributed by atoms with E-state index < -0.39 is 5.82 Å². The van der Waals surface area contributed by atoms with Gasteiger partial charge in [0.2, 0.25) is 0 Å². The maximum atomic E-state index is 13.1. The fourth-order valence-corrected chi connectivity index (χ4v) is 1.58. The molecule has 0 fully saturated rings. The highest BCUT2D eigenvalue weighted by Crippen LogP contribution is 2.13. The van der Waals surface area contributed by atoms with Gasteiger partial charge in [0.25, 0.3) is 0 Å². The molecule has 0 radical (unpaired) electrons. The fourth-order valence-electron chi connectivity index (χ4n) is 1.58. The van der Waals surface area contributed by atoms with Gasteiger partial charge < -0.3 is 10.4 Å². The van der Waals surface area contributed by atoms with Crippen LogP contribution in [0.15, 0.2) is 18.2 Å². The summed E-state index contributed by atoms with van der Waals surface area (Å²) in [5.41, 5.74) is 0.969.